The van der Waals surface area contributed by atoms with Gasteiger partial charge in [-0.25, -0.2) is 0 Å². The third-order valence-electron chi connectivity index (χ3n) is 4.44. The summed E-state index contributed by atoms with van der Waals surface area (Å²) < 4.78 is 12.2. The largest absolute Gasteiger partial charge is 0.488 e. The molecule has 3 rings (SSSR count). The van der Waals surface area contributed by atoms with E-state index in [9.17, 15) is 0 Å². The molecule has 0 N–H and O–H groups in total. The Balaban J connectivity index is 1.74. The van der Waals surface area contributed by atoms with Crippen molar-refractivity contribution in [2.24, 2.45) is 0 Å². The number of hydrogen-bond acceptors (Lipinski definition) is 2. The smallest absolute Gasteiger partial charge is 0.142 e. The van der Waals surface area contributed by atoms with E-state index >= 15 is 0 Å². The summed E-state index contributed by atoms with van der Waals surface area (Å²) in [6.07, 6.45) is 6.95. The molecule has 1 unspecified atom stereocenters. The Morgan fingerprint density at radius 2 is 2.10 bits per heavy atom. The summed E-state index contributed by atoms with van der Waals surface area (Å²) in [5.74, 6) is 1.17. The molecular formula is C16H20Cl2O2. The molecule has 0 radical (unpaired) electrons. The van der Waals surface area contributed by atoms with Crippen molar-refractivity contribution in [2.45, 2.75) is 56.1 Å². The number of halogens is 2. The molecule has 1 aliphatic heterocycles. The summed E-state index contributed by atoms with van der Waals surface area (Å²) in [6.45, 7) is 0.783. The van der Waals surface area contributed by atoms with E-state index in [0.29, 0.717) is 10.9 Å². The van der Waals surface area contributed by atoms with Gasteiger partial charge in [0.15, 0.2) is 0 Å². The molecule has 20 heavy (non-hydrogen) atoms. The zero-order valence-electron chi connectivity index (χ0n) is 11.5. The molecule has 0 aromatic heterocycles. The Hall–Kier alpha value is -0.440. The van der Waals surface area contributed by atoms with Crippen LogP contribution in [-0.2, 0) is 10.6 Å². The first kappa shape index (κ1) is 14.5. The maximum atomic E-state index is 6.26. The predicted octanol–water partition coefficient (Wildman–Crippen LogP) is 4.95. The lowest BCUT2D eigenvalue weighted by atomic mass is 9.90. The van der Waals surface area contributed by atoms with Crippen LogP contribution in [0.2, 0.25) is 5.02 Å². The number of ether oxygens (including phenoxy) is 2. The predicted molar refractivity (Wildman–Crippen MR) is 81.8 cm³/mol. The first-order valence-electron chi connectivity index (χ1n) is 7.36. The van der Waals surface area contributed by atoms with Gasteiger partial charge in [-0.2, -0.15) is 0 Å². The first-order chi connectivity index (χ1) is 9.72. The second-order valence-electron chi connectivity index (χ2n) is 5.83. The van der Waals surface area contributed by atoms with E-state index in [1.807, 2.05) is 18.2 Å². The van der Waals surface area contributed by atoms with Gasteiger partial charge in [0.05, 0.1) is 23.1 Å². The molecule has 1 spiro atoms. The minimum atomic E-state index is 0.0608. The van der Waals surface area contributed by atoms with E-state index in [2.05, 4.69) is 0 Å². The van der Waals surface area contributed by atoms with E-state index in [4.69, 9.17) is 32.7 Å². The molecule has 0 bridgehead atoms. The van der Waals surface area contributed by atoms with Crippen LogP contribution in [0.3, 0.4) is 0 Å². The van der Waals surface area contributed by atoms with Crippen molar-refractivity contribution in [1.29, 1.82) is 0 Å². The Morgan fingerprint density at radius 1 is 1.30 bits per heavy atom. The Morgan fingerprint density at radius 3 is 2.85 bits per heavy atom. The van der Waals surface area contributed by atoms with Crippen molar-refractivity contribution in [2.75, 3.05) is 6.61 Å². The van der Waals surface area contributed by atoms with Gasteiger partial charge in [-0.15, -0.1) is 11.6 Å². The molecule has 2 fully saturated rings. The van der Waals surface area contributed by atoms with Crippen LogP contribution in [0.4, 0.5) is 0 Å². The second-order valence-corrected chi connectivity index (χ2v) is 6.51. The number of para-hydroxylation sites is 1. The molecule has 2 nitrogen and oxygen atoms in total. The van der Waals surface area contributed by atoms with Crippen molar-refractivity contribution in [3.63, 3.8) is 0 Å². The van der Waals surface area contributed by atoms with Crippen LogP contribution in [0, 0.1) is 0 Å². The van der Waals surface area contributed by atoms with Crippen molar-refractivity contribution in [1.82, 2.24) is 0 Å². The van der Waals surface area contributed by atoms with Gasteiger partial charge in [0.25, 0.3) is 0 Å². The average molecular weight is 315 g/mol. The summed E-state index contributed by atoms with van der Waals surface area (Å²) in [4.78, 5) is 0. The zero-order chi connectivity index (χ0) is 14.0. The highest BCUT2D eigenvalue weighted by molar-refractivity contribution is 6.32. The summed E-state index contributed by atoms with van der Waals surface area (Å²) in [5.41, 5.74) is 1.02. The van der Waals surface area contributed by atoms with Gasteiger partial charge < -0.3 is 9.47 Å². The lowest BCUT2D eigenvalue weighted by molar-refractivity contribution is -0.108. The fraction of sp³-hybridized carbons (Fsp3) is 0.625. The molecule has 4 heteroatoms. The average Bonchev–Trinajstić information content (AvgIpc) is 2.89. The Kier molecular flexibility index (Phi) is 4.44. The van der Waals surface area contributed by atoms with Crippen LogP contribution in [0.5, 0.6) is 5.75 Å². The van der Waals surface area contributed by atoms with Crippen LogP contribution < -0.4 is 4.74 Å². The van der Waals surface area contributed by atoms with Crippen LogP contribution >= 0.6 is 23.2 Å². The van der Waals surface area contributed by atoms with Crippen molar-refractivity contribution < 1.29 is 9.47 Å². The van der Waals surface area contributed by atoms with Gasteiger partial charge >= 0.3 is 0 Å². The summed E-state index contributed by atoms with van der Waals surface area (Å²) in [6, 6.07) is 5.74. The van der Waals surface area contributed by atoms with Gasteiger partial charge in [-0.1, -0.05) is 36.6 Å². The topological polar surface area (TPSA) is 18.5 Å². The lowest BCUT2D eigenvalue weighted by Gasteiger charge is -2.38. The van der Waals surface area contributed by atoms with E-state index in [1.165, 1.54) is 12.8 Å². The van der Waals surface area contributed by atoms with Crippen LogP contribution in [-0.4, -0.2) is 18.3 Å². The van der Waals surface area contributed by atoms with E-state index in [0.717, 1.165) is 43.6 Å². The minimum Gasteiger partial charge on any atom is -0.488 e. The Labute approximate surface area is 130 Å². The fourth-order valence-electron chi connectivity index (χ4n) is 3.41. The standard InChI is InChI=1S/C16H20Cl2O2/c17-11-12-4-3-5-14(18)15(12)20-13-6-9-19-16(10-13)7-1-2-8-16/h3-5,13H,1-2,6-11H2. The molecule has 1 heterocycles. The molecule has 1 atom stereocenters. The van der Waals surface area contributed by atoms with Crippen LogP contribution in [0.1, 0.15) is 44.1 Å². The monoisotopic (exact) mass is 314 g/mol. The van der Waals surface area contributed by atoms with Crippen molar-refractivity contribution >= 4 is 23.2 Å². The molecule has 1 aliphatic carbocycles. The molecule has 1 aromatic carbocycles. The lowest BCUT2D eigenvalue weighted by Crippen LogP contribution is -2.41. The maximum absolute atomic E-state index is 6.26. The minimum absolute atomic E-state index is 0.0608. The van der Waals surface area contributed by atoms with Gasteiger partial charge in [0, 0.05) is 18.4 Å². The summed E-state index contributed by atoms with van der Waals surface area (Å²) in [5, 5.41) is 0.648. The second kappa shape index (κ2) is 6.13. The summed E-state index contributed by atoms with van der Waals surface area (Å²) in [7, 11) is 0. The van der Waals surface area contributed by atoms with Gasteiger partial charge in [-0.05, 0) is 18.9 Å². The van der Waals surface area contributed by atoms with E-state index in [-0.39, 0.29) is 11.7 Å². The van der Waals surface area contributed by atoms with Crippen LogP contribution in [0.15, 0.2) is 18.2 Å². The third-order valence-corrected chi connectivity index (χ3v) is 5.03. The molecular weight excluding hydrogens is 295 g/mol. The van der Waals surface area contributed by atoms with Gasteiger partial charge in [0.1, 0.15) is 11.9 Å². The number of alkyl halides is 1. The number of benzene rings is 1. The quantitative estimate of drug-likeness (QED) is 0.735. The SMILES string of the molecule is ClCc1cccc(Cl)c1OC1CCOC2(CCCC2)C1. The van der Waals surface area contributed by atoms with E-state index in [1.54, 1.807) is 0 Å². The molecule has 110 valence electrons. The van der Waals surface area contributed by atoms with Crippen molar-refractivity contribution in [3.05, 3.63) is 28.8 Å². The van der Waals surface area contributed by atoms with Crippen LogP contribution in [0.25, 0.3) is 0 Å². The third kappa shape index (κ3) is 2.93. The molecule has 1 saturated carbocycles. The number of hydrogen-bond donors (Lipinski definition) is 0. The van der Waals surface area contributed by atoms with Crippen molar-refractivity contribution in [3.8, 4) is 5.75 Å². The van der Waals surface area contributed by atoms with Gasteiger partial charge in [0.2, 0.25) is 0 Å². The molecule has 0 amide bonds. The highest BCUT2D eigenvalue weighted by Gasteiger charge is 2.40. The summed E-state index contributed by atoms with van der Waals surface area (Å²) >= 11 is 12.2. The molecule has 2 aliphatic rings. The van der Waals surface area contributed by atoms with E-state index < -0.39 is 0 Å². The molecule has 1 saturated heterocycles. The number of rotatable bonds is 3. The highest BCUT2D eigenvalue weighted by Crippen LogP contribution is 2.42. The highest BCUT2D eigenvalue weighted by atomic mass is 35.5. The van der Waals surface area contributed by atoms with Gasteiger partial charge in [-0.3, -0.25) is 0 Å². The maximum Gasteiger partial charge on any atom is 0.142 e. The molecule has 1 aromatic rings. The first-order valence-corrected chi connectivity index (χ1v) is 8.28. The fourth-order valence-corrected chi connectivity index (χ4v) is 3.86. The normalized spacial score (nSPS) is 25.0. The Bertz CT molecular complexity index is 470. The zero-order valence-corrected chi connectivity index (χ0v) is 13.1.